The lowest BCUT2D eigenvalue weighted by Crippen LogP contribution is -2.16. The van der Waals surface area contributed by atoms with Gasteiger partial charge in [0.25, 0.3) is 0 Å². The van der Waals surface area contributed by atoms with Crippen molar-refractivity contribution in [3.63, 3.8) is 0 Å². The number of aryl methyl sites for hydroxylation is 2. The Kier molecular flexibility index (Phi) is 8.51. The minimum Gasteiger partial charge on any atom is -0.236 e. The molecular weight excluding hydrogens is 340 g/mol. The van der Waals surface area contributed by atoms with E-state index in [1.165, 1.54) is 87.4 Å². The van der Waals surface area contributed by atoms with E-state index in [1.54, 1.807) is 0 Å². The summed E-state index contributed by atoms with van der Waals surface area (Å²) < 4.78 is 0. The van der Waals surface area contributed by atoms with Crippen molar-refractivity contribution in [1.82, 2.24) is 9.97 Å². The number of rotatable bonds is 11. The Morgan fingerprint density at radius 1 is 0.893 bits per heavy atom. The van der Waals surface area contributed by atoms with E-state index in [0.29, 0.717) is 0 Å². The van der Waals surface area contributed by atoms with E-state index >= 15 is 0 Å². The second-order valence-corrected chi connectivity index (χ2v) is 8.59. The predicted octanol–water partition coefficient (Wildman–Crippen LogP) is 7.34. The van der Waals surface area contributed by atoms with Gasteiger partial charge < -0.3 is 0 Å². The molecule has 1 aliphatic carbocycles. The third kappa shape index (κ3) is 6.15. The molecule has 0 fully saturated rings. The van der Waals surface area contributed by atoms with Crippen LogP contribution in [0.3, 0.4) is 0 Å². The summed E-state index contributed by atoms with van der Waals surface area (Å²) >= 11 is 0. The van der Waals surface area contributed by atoms with Crippen LogP contribution in [0.4, 0.5) is 0 Å². The molecule has 1 aromatic carbocycles. The van der Waals surface area contributed by atoms with Gasteiger partial charge in [-0.1, -0.05) is 95.9 Å². The SMILES string of the molecule is CCCCCCCCCCC1CCc2nc(-c3ccc(CC)cc3)ncc2C1. The summed E-state index contributed by atoms with van der Waals surface area (Å²) in [5.74, 6) is 1.73. The van der Waals surface area contributed by atoms with Gasteiger partial charge in [-0.15, -0.1) is 0 Å². The first-order chi connectivity index (χ1) is 13.8. The first-order valence-corrected chi connectivity index (χ1v) is 11.7. The Morgan fingerprint density at radius 2 is 1.61 bits per heavy atom. The number of unbranched alkanes of at least 4 members (excludes halogenated alkanes) is 7. The quantitative estimate of drug-likeness (QED) is 0.382. The summed E-state index contributed by atoms with van der Waals surface area (Å²) in [6.45, 7) is 4.48. The molecule has 152 valence electrons. The minimum absolute atomic E-state index is 0.839. The summed E-state index contributed by atoms with van der Waals surface area (Å²) in [4.78, 5) is 9.59. The summed E-state index contributed by atoms with van der Waals surface area (Å²) in [7, 11) is 0. The Hall–Kier alpha value is -1.70. The van der Waals surface area contributed by atoms with Gasteiger partial charge >= 0.3 is 0 Å². The van der Waals surface area contributed by atoms with E-state index in [2.05, 4.69) is 49.3 Å². The van der Waals surface area contributed by atoms with Gasteiger partial charge in [-0.2, -0.15) is 0 Å². The van der Waals surface area contributed by atoms with Gasteiger partial charge in [0.05, 0.1) is 0 Å². The lowest BCUT2D eigenvalue weighted by molar-refractivity contribution is 0.399. The molecule has 28 heavy (non-hydrogen) atoms. The predicted molar refractivity (Wildman–Crippen MR) is 120 cm³/mol. The molecule has 0 bridgehead atoms. The monoisotopic (exact) mass is 378 g/mol. The standard InChI is InChI=1S/C26H38N2/c1-3-5-6-7-8-9-10-11-12-22-15-18-25-24(19-22)20-27-26(28-25)23-16-13-21(4-2)14-17-23/h13-14,16-17,20,22H,3-12,15,18-19H2,1-2H3. The highest BCUT2D eigenvalue weighted by molar-refractivity contribution is 5.55. The van der Waals surface area contributed by atoms with Gasteiger partial charge in [-0.25, -0.2) is 9.97 Å². The van der Waals surface area contributed by atoms with Crippen molar-refractivity contribution in [2.24, 2.45) is 5.92 Å². The van der Waals surface area contributed by atoms with E-state index in [4.69, 9.17) is 4.98 Å². The Bertz CT molecular complexity index is 705. The molecule has 2 aromatic rings. The van der Waals surface area contributed by atoms with Crippen molar-refractivity contribution in [2.75, 3.05) is 0 Å². The van der Waals surface area contributed by atoms with Gasteiger partial charge in [0.1, 0.15) is 0 Å². The van der Waals surface area contributed by atoms with Gasteiger partial charge in [-0.05, 0) is 42.7 Å². The summed E-state index contributed by atoms with van der Waals surface area (Å²) in [5, 5.41) is 0. The highest BCUT2D eigenvalue weighted by Gasteiger charge is 2.20. The smallest absolute Gasteiger partial charge is 0.159 e. The molecule has 1 aromatic heterocycles. The highest BCUT2D eigenvalue weighted by atomic mass is 14.9. The zero-order valence-corrected chi connectivity index (χ0v) is 18.1. The fraction of sp³-hybridized carbons (Fsp3) is 0.615. The Morgan fingerprint density at radius 3 is 2.32 bits per heavy atom. The Balaban J connectivity index is 1.44. The third-order valence-corrected chi connectivity index (χ3v) is 6.34. The van der Waals surface area contributed by atoms with Crippen molar-refractivity contribution in [3.8, 4) is 11.4 Å². The molecule has 1 unspecified atom stereocenters. The van der Waals surface area contributed by atoms with Gasteiger partial charge in [0.15, 0.2) is 5.82 Å². The molecule has 0 radical (unpaired) electrons. The van der Waals surface area contributed by atoms with Crippen LogP contribution in [-0.4, -0.2) is 9.97 Å². The first-order valence-electron chi connectivity index (χ1n) is 11.7. The fourth-order valence-corrected chi connectivity index (χ4v) is 4.42. The van der Waals surface area contributed by atoms with Crippen LogP contribution in [0.2, 0.25) is 0 Å². The molecule has 0 N–H and O–H groups in total. The van der Waals surface area contributed by atoms with E-state index in [9.17, 15) is 0 Å². The average Bonchev–Trinajstić information content (AvgIpc) is 2.75. The number of hydrogen-bond donors (Lipinski definition) is 0. The van der Waals surface area contributed by atoms with Gasteiger partial charge in [-0.3, -0.25) is 0 Å². The van der Waals surface area contributed by atoms with Crippen molar-refractivity contribution in [1.29, 1.82) is 0 Å². The summed E-state index contributed by atoms with van der Waals surface area (Å²) in [6.07, 6.45) is 19.5. The second-order valence-electron chi connectivity index (χ2n) is 8.59. The number of fused-ring (bicyclic) bond motifs is 1. The van der Waals surface area contributed by atoms with Crippen LogP contribution in [0.1, 0.15) is 94.9 Å². The molecule has 2 heteroatoms. The molecule has 3 rings (SSSR count). The molecule has 1 atom stereocenters. The molecule has 2 nitrogen and oxygen atoms in total. The minimum atomic E-state index is 0.839. The van der Waals surface area contributed by atoms with Crippen LogP contribution in [0.15, 0.2) is 30.5 Å². The van der Waals surface area contributed by atoms with Crippen LogP contribution in [-0.2, 0) is 19.3 Å². The van der Waals surface area contributed by atoms with Crippen LogP contribution >= 0.6 is 0 Å². The fourth-order valence-electron chi connectivity index (χ4n) is 4.42. The maximum absolute atomic E-state index is 4.91. The maximum atomic E-state index is 4.91. The number of nitrogens with zero attached hydrogens (tertiary/aromatic N) is 2. The molecule has 0 aliphatic heterocycles. The van der Waals surface area contributed by atoms with E-state index in [1.807, 2.05) is 0 Å². The molecule has 0 spiro atoms. The topological polar surface area (TPSA) is 25.8 Å². The van der Waals surface area contributed by atoms with Crippen LogP contribution in [0.5, 0.6) is 0 Å². The molecule has 0 saturated carbocycles. The molecule has 1 aliphatic rings. The van der Waals surface area contributed by atoms with Crippen molar-refractivity contribution in [2.45, 2.75) is 97.3 Å². The normalized spacial score (nSPS) is 16.1. The van der Waals surface area contributed by atoms with Crippen molar-refractivity contribution < 1.29 is 0 Å². The first kappa shape index (κ1) is 21.0. The number of benzene rings is 1. The zero-order chi connectivity index (χ0) is 19.6. The second kappa shape index (κ2) is 11.3. The molecule has 1 heterocycles. The third-order valence-electron chi connectivity index (χ3n) is 6.34. The highest BCUT2D eigenvalue weighted by Crippen LogP contribution is 2.29. The van der Waals surface area contributed by atoms with Crippen LogP contribution in [0, 0.1) is 5.92 Å². The summed E-state index contributed by atoms with van der Waals surface area (Å²) in [6, 6.07) is 8.71. The van der Waals surface area contributed by atoms with Crippen LogP contribution < -0.4 is 0 Å². The summed E-state index contributed by atoms with van der Waals surface area (Å²) in [5.41, 5.74) is 5.19. The largest absolute Gasteiger partial charge is 0.236 e. The zero-order valence-electron chi connectivity index (χ0n) is 18.1. The van der Waals surface area contributed by atoms with E-state index in [-0.39, 0.29) is 0 Å². The Labute approximate surface area is 172 Å². The maximum Gasteiger partial charge on any atom is 0.159 e. The van der Waals surface area contributed by atoms with Gasteiger partial charge in [0, 0.05) is 17.5 Å². The lowest BCUT2D eigenvalue weighted by Gasteiger charge is -2.24. The molecule has 0 saturated heterocycles. The van der Waals surface area contributed by atoms with Crippen LogP contribution in [0.25, 0.3) is 11.4 Å². The molecule has 0 amide bonds. The van der Waals surface area contributed by atoms with Crippen molar-refractivity contribution >= 4 is 0 Å². The lowest BCUT2D eigenvalue weighted by atomic mass is 9.84. The average molecular weight is 379 g/mol. The van der Waals surface area contributed by atoms with E-state index < -0.39 is 0 Å². The number of hydrogen-bond acceptors (Lipinski definition) is 2. The van der Waals surface area contributed by atoms with Gasteiger partial charge in [0.2, 0.25) is 0 Å². The van der Waals surface area contributed by atoms with Crippen molar-refractivity contribution in [3.05, 3.63) is 47.3 Å². The number of aromatic nitrogens is 2. The molecular formula is C26H38N2. The van der Waals surface area contributed by atoms with E-state index in [0.717, 1.165) is 30.1 Å².